The normalized spacial score (nSPS) is 14.5. The maximum atomic E-state index is 12.0. The molecule has 22 heavy (non-hydrogen) atoms. The Labute approximate surface area is 141 Å². The lowest BCUT2D eigenvalue weighted by molar-refractivity contribution is -0.0451. The summed E-state index contributed by atoms with van der Waals surface area (Å²) >= 11 is 0. The van der Waals surface area contributed by atoms with Gasteiger partial charge in [0.2, 0.25) is 10.0 Å². The van der Waals surface area contributed by atoms with Crippen LogP contribution in [-0.4, -0.2) is 42.3 Å². The van der Waals surface area contributed by atoms with E-state index in [2.05, 4.69) is 0 Å². The molecule has 0 heterocycles. The maximum Gasteiger partial charge on any atom is 0.211 e. The van der Waals surface area contributed by atoms with Crippen LogP contribution in [0.2, 0.25) is 0 Å². The Balaban J connectivity index is -0.000000540. The minimum Gasteiger partial charge on any atom is -0.392 e. The Morgan fingerprint density at radius 2 is 1.23 bits per heavy atom. The van der Waals surface area contributed by atoms with E-state index in [0.29, 0.717) is 6.54 Å². The molecule has 0 bridgehead atoms. The van der Waals surface area contributed by atoms with Crippen LogP contribution in [0.15, 0.2) is 0 Å². The Hall–Kier alpha value is -0.130. The van der Waals surface area contributed by atoms with Gasteiger partial charge in [-0.1, -0.05) is 56.9 Å². The average Bonchev–Trinajstić information content (AvgIpc) is 2.08. The van der Waals surface area contributed by atoms with Gasteiger partial charge in [0.1, 0.15) is 0 Å². The van der Waals surface area contributed by atoms with E-state index >= 15 is 0 Å². The van der Waals surface area contributed by atoms with Crippen LogP contribution in [0.4, 0.5) is 0 Å². The van der Waals surface area contributed by atoms with Crippen LogP contribution in [0.3, 0.4) is 0 Å². The van der Waals surface area contributed by atoms with E-state index in [1.807, 2.05) is 55.4 Å². The van der Waals surface area contributed by atoms with Gasteiger partial charge in [-0.15, -0.1) is 0 Å². The van der Waals surface area contributed by atoms with Gasteiger partial charge in [0.25, 0.3) is 0 Å². The highest BCUT2D eigenvalue weighted by Gasteiger charge is 2.42. The topological polar surface area (TPSA) is 57.6 Å². The molecule has 4 nitrogen and oxygen atoms in total. The van der Waals surface area contributed by atoms with E-state index in [1.165, 1.54) is 10.6 Å². The molecule has 1 N–H and O–H groups in total. The SMILES string of the molecule is C.C.C.CC(C)(C)C(O)C(C)(C)CN(C(C)(C)C)S(C)(=O)=O. The molecule has 1 atom stereocenters. The molecule has 0 rings (SSSR count). The molecule has 0 aliphatic heterocycles. The molecule has 140 valence electrons. The first-order valence-corrected chi connectivity index (χ1v) is 8.50. The molecule has 1 unspecified atom stereocenters. The van der Waals surface area contributed by atoms with E-state index < -0.39 is 27.1 Å². The highest BCUT2D eigenvalue weighted by Crippen LogP contribution is 2.36. The Morgan fingerprint density at radius 3 is 1.41 bits per heavy atom. The van der Waals surface area contributed by atoms with Gasteiger partial charge in [-0.3, -0.25) is 0 Å². The lowest BCUT2D eigenvalue weighted by Crippen LogP contribution is -2.53. The molecule has 0 aromatic heterocycles. The smallest absolute Gasteiger partial charge is 0.211 e. The van der Waals surface area contributed by atoms with Gasteiger partial charge in [-0.05, 0) is 26.2 Å². The van der Waals surface area contributed by atoms with Crippen LogP contribution in [0.1, 0.15) is 77.7 Å². The standard InChI is InChI=1S/C14H31NO3S.3CH4/c1-12(2,3)11(16)14(7,8)10-15(13(4,5)6)19(9,17)18;;;/h11,16H,10H2,1-9H3;3*1H4. The molecule has 0 spiro atoms. The van der Waals surface area contributed by atoms with Crippen LogP contribution in [0.5, 0.6) is 0 Å². The van der Waals surface area contributed by atoms with Gasteiger partial charge in [0, 0.05) is 17.5 Å². The highest BCUT2D eigenvalue weighted by molar-refractivity contribution is 7.88. The van der Waals surface area contributed by atoms with Gasteiger partial charge in [0.05, 0.1) is 12.4 Å². The van der Waals surface area contributed by atoms with Crippen molar-refractivity contribution in [2.45, 2.75) is 89.3 Å². The third kappa shape index (κ3) is 8.49. The predicted octanol–water partition coefficient (Wildman–Crippen LogP) is 4.39. The summed E-state index contributed by atoms with van der Waals surface area (Å²) in [5, 5.41) is 10.5. The van der Waals surface area contributed by atoms with Crippen LogP contribution in [0.25, 0.3) is 0 Å². The van der Waals surface area contributed by atoms with Gasteiger partial charge < -0.3 is 5.11 Å². The summed E-state index contributed by atoms with van der Waals surface area (Å²) in [5.74, 6) is 0. The summed E-state index contributed by atoms with van der Waals surface area (Å²) in [5.41, 5.74) is -1.30. The van der Waals surface area contributed by atoms with Crippen molar-refractivity contribution in [2.24, 2.45) is 10.8 Å². The zero-order valence-electron chi connectivity index (χ0n) is 13.9. The molecule has 5 heteroatoms. The fourth-order valence-electron chi connectivity index (χ4n) is 2.48. The minimum absolute atomic E-state index is 0. The zero-order chi connectivity index (χ0) is 15.9. The number of aliphatic hydroxyl groups is 1. The van der Waals surface area contributed by atoms with E-state index in [4.69, 9.17) is 0 Å². The predicted molar refractivity (Wildman–Crippen MR) is 101 cm³/mol. The van der Waals surface area contributed by atoms with E-state index in [9.17, 15) is 13.5 Å². The largest absolute Gasteiger partial charge is 0.392 e. The van der Waals surface area contributed by atoms with E-state index in [1.54, 1.807) is 0 Å². The minimum atomic E-state index is -3.31. The molecule has 0 aromatic rings. The van der Waals surface area contributed by atoms with Crippen molar-refractivity contribution in [2.75, 3.05) is 12.8 Å². The number of hydrogen-bond acceptors (Lipinski definition) is 3. The summed E-state index contributed by atoms with van der Waals surface area (Å²) in [7, 11) is -3.31. The number of hydrogen-bond donors (Lipinski definition) is 1. The van der Waals surface area contributed by atoms with Crippen LogP contribution >= 0.6 is 0 Å². The molecule has 0 radical (unpaired) electrons. The first-order valence-electron chi connectivity index (χ1n) is 6.65. The lowest BCUT2D eigenvalue weighted by atomic mass is 9.73. The van der Waals surface area contributed by atoms with Crippen molar-refractivity contribution in [3.63, 3.8) is 0 Å². The summed E-state index contributed by atoms with van der Waals surface area (Å²) in [6, 6.07) is 0. The molecule has 0 saturated heterocycles. The van der Waals surface area contributed by atoms with Crippen molar-refractivity contribution in [3.8, 4) is 0 Å². The second-order valence-corrected chi connectivity index (χ2v) is 10.1. The lowest BCUT2D eigenvalue weighted by Gasteiger charge is -2.44. The molecule has 0 fully saturated rings. The third-order valence-electron chi connectivity index (χ3n) is 3.26. The van der Waals surface area contributed by atoms with Gasteiger partial charge >= 0.3 is 0 Å². The van der Waals surface area contributed by atoms with Crippen molar-refractivity contribution >= 4 is 10.0 Å². The average molecular weight is 342 g/mol. The van der Waals surface area contributed by atoms with Gasteiger partial charge in [0.15, 0.2) is 0 Å². The molecular weight excluding hydrogens is 298 g/mol. The zero-order valence-corrected chi connectivity index (χ0v) is 14.7. The van der Waals surface area contributed by atoms with Crippen molar-refractivity contribution < 1.29 is 13.5 Å². The number of nitrogens with zero attached hydrogens (tertiary/aromatic N) is 1. The van der Waals surface area contributed by atoms with Crippen LogP contribution < -0.4 is 0 Å². The summed E-state index contributed by atoms with van der Waals surface area (Å²) in [4.78, 5) is 0. The van der Waals surface area contributed by atoms with E-state index in [-0.39, 0.29) is 27.7 Å². The van der Waals surface area contributed by atoms with Crippen molar-refractivity contribution in [1.82, 2.24) is 4.31 Å². The Kier molecular flexibility index (Phi) is 11.7. The number of sulfonamides is 1. The molecular formula is C17H43NO3S. The quantitative estimate of drug-likeness (QED) is 0.825. The molecule has 0 aromatic carbocycles. The Bertz CT molecular complexity index is 401. The fourth-order valence-corrected chi connectivity index (χ4v) is 4.04. The van der Waals surface area contributed by atoms with Crippen LogP contribution in [-0.2, 0) is 10.0 Å². The maximum absolute atomic E-state index is 12.0. The highest BCUT2D eigenvalue weighted by atomic mass is 32.2. The third-order valence-corrected chi connectivity index (χ3v) is 4.74. The summed E-state index contributed by atoms with van der Waals surface area (Å²) < 4.78 is 25.4. The summed E-state index contributed by atoms with van der Waals surface area (Å²) in [6.07, 6.45) is 0.629. The second kappa shape index (κ2) is 8.65. The van der Waals surface area contributed by atoms with Gasteiger partial charge in [-0.2, -0.15) is 4.31 Å². The summed E-state index contributed by atoms with van der Waals surface area (Å²) in [6.45, 7) is 15.6. The number of rotatable bonds is 4. The Morgan fingerprint density at radius 1 is 0.909 bits per heavy atom. The molecule has 0 aliphatic rings. The van der Waals surface area contributed by atoms with Crippen LogP contribution in [0, 0.1) is 10.8 Å². The van der Waals surface area contributed by atoms with Gasteiger partial charge in [-0.25, -0.2) is 8.42 Å². The van der Waals surface area contributed by atoms with E-state index in [0.717, 1.165) is 0 Å². The number of aliphatic hydroxyl groups excluding tert-OH is 1. The second-order valence-electron chi connectivity index (χ2n) is 8.20. The first-order chi connectivity index (χ1) is 7.99. The monoisotopic (exact) mass is 341 g/mol. The van der Waals surface area contributed by atoms with Crippen molar-refractivity contribution in [3.05, 3.63) is 0 Å². The van der Waals surface area contributed by atoms with Crippen molar-refractivity contribution in [1.29, 1.82) is 0 Å². The molecule has 0 saturated carbocycles. The molecule has 0 amide bonds. The fraction of sp³-hybridized carbons (Fsp3) is 1.00. The molecule has 0 aliphatic carbocycles. The first kappa shape index (κ1) is 29.8.